The Labute approximate surface area is 106 Å². The van der Waals surface area contributed by atoms with Crippen molar-refractivity contribution in [2.45, 2.75) is 40.7 Å². The summed E-state index contributed by atoms with van der Waals surface area (Å²) in [5.41, 5.74) is 8.85. The van der Waals surface area contributed by atoms with E-state index in [1.807, 2.05) is 0 Å². The zero-order valence-corrected chi connectivity index (χ0v) is 11.8. The van der Waals surface area contributed by atoms with Gasteiger partial charge in [-0.05, 0) is 37.0 Å². The van der Waals surface area contributed by atoms with Crippen LogP contribution in [0.5, 0.6) is 0 Å². The van der Waals surface area contributed by atoms with Gasteiger partial charge in [0.1, 0.15) is 0 Å². The van der Waals surface area contributed by atoms with Crippen molar-refractivity contribution < 1.29 is 0 Å². The fraction of sp³-hybridized carbons (Fsp3) is 0.600. The molecule has 0 spiro atoms. The standard InChI is InChI=1S/C15H26N2/c1-6-17(7-2)13-10-8-12(9-11-13)14(16)15(3,4)5/h8-11,14H,6-7,16H2,1-5H3/t14-/m0/s1. The number of benzene rings is 1. The van der Waals surface area contributed by atoms with E-state index in [-0.39, 0.29) is 11.5 Å². The van der Waals surface area contributed by atoms with Crippen molar-refractivity contribution in [1.29, 1.82) is 0 Å². The molecule has 0 fully saturated rings. The van der Waals surface area contributed by atoms with E-state index in [2.05, 4.69) is 63.8 Å². The van der Waals surface area contributed by atoms with Crippen LogP contribution in [-0.2, 0) is 0 Å². The molecular weight excluding hydrogens is 208 g/mol. The number of hydrogen-bond acceptors (Lipinski definition) is 2. The molecule has 2 nitrogen and oxygen atoms in total. The summed E-state index contributed by atoms with van der Waals surface area (Å²) in [6.07, 6.45) is 0. The molecule has 0 saturated carbocycles. The van der Waals surface area contributed by atoms with Gasteiger partial charge in [-0.15, -0.1) is 0 Å². The lowest BCUT2D eigenvalue weighted by molar-refractivity contribution is 0.327. The van der Waals surface area contributed by atoms with Gasteiger partial charge in [0.15, 0.2) is 0 Å². The molecule has 0 aliphatic rings. The maximum Gasteiger partial charge on any atom is 0.0366 e. The fourth-order valence-corrected chi connectivity index (χ4v) is 1.98. The molecule has 1 rings (SSSR count). The third-order valence-electron chi connectivity index (χ3n) is 3.31. The Bertz CT molecular complexity index is 331. The molecule has 0 aliphatic carbocycles. The van der Waals surface area contributed by atoms with Gasteiger partial charge in [-0.2, -0.15) is 0 Å². The highest BCUT2D eigenvalue weighted by molar-refractivity contribution is 5.47. The van der Waals surface area contributed by atoms with E-state index in [0.29, 0.717) is 0 Å². The highest BCUT2D eigenvalue weighted by atomic mass is 15.1. The smallest absolute Gasteiger partial charge is 0.0366 e. The average molecular weight is 234 g/mol. The summed E-state index contributed by atoms with van der Waals surface area (Å²) in [5.74, 6) is 0. The lowest BCUT2D eigenvalue weighted by atomic mass is 9.83. The van der Waals surface area contributed by atoms with E-state index in [4.69, 9.17) is 5.73 Å². The van der Waals surface area contributed by atoms with Gasteiger partial charge in [0.05, 0.1) is 0 Å². The van der Waals surface area contributed by atoms with Crippen LogP contribution < -0.4 is 10.6 Å². The molecule has 1 aromatic carbocycles. The van der Waals surface area contributed by atoms with E-state index >= 15 is 0 Å². The minimum absolute atomic E-state index is 0.0910. The Morgan fingerprint density at radius 3 is 1.88 bits per heavy atom. The van der Waals surface area contributed by atoms with Gasteiger partial charge in [-0.1, -0.05) is 32.9 Å². The Morgan fingerprint density at radius 1 is 1.06 bits per heavy atom. The summed E-state index contributed by atoms with van der Waals surface area (Å²) >= 11 is 0. The molecule has 17 heavy (non-hydrogen) atoms. The van der Waals surface area contributed by atoms with Gasteiger partial charge in [-0.25, -0.2) is 0 Å². The molecule has 2 N–H and O–H groups in total. The van der Waals surface area contributed by atoms with Crippen molar-refractivity contribution in [3.8, 4) is 0 Å². The first-order valence-corrected chi connectivity index (χ1v) is 6.50. The second-order valence-electron chi connectivity index (χ2n) is 5.61. The number of nitrogens with two attached hydrogens (primary N) is 1. The fourth-order valence-electron chi connectivity index (χ4n) is 1.98. The van der Waals surface area contributed by atoms with Gasteiger partial charge < -0.3 is 10.6 Å². The predicted octanol–water partition coefficient (Wildman–Crippen LogP) is 3.58. The molecule has 0 unspecified atom stereocenters. The van der Waals surface area contributed by atoms with Crippen molar-refractivity contribution in [3.63, 3.8) is 0 Å². The normalized spacial score (nSPS) is 13.5. The van der Waals surface area contributed by atoms with E-state index in [0.717, 1.165) is 13.1 Å². The first-order valence-electron chi connectivity index (χ1n) is 6.50. The molecule has 0 radical (unpaired) electrons. The Hall–Kier alpha value is -1.02. The van der Waals surface area contributed by atoms with Gasteiger partial charge >= 0.3 is 0 Å². The van der Waals surface area contributed by atoms with Crippen molar-refractivity contribution in [3.05, 3.63) is 29.8 Å². The van der Waals surface area contributed by atoms with Crippen LogP contribution in [0.15, 0.2) is 24.3 Å². The van der Waals surface area contributed by atoms with Crippen LogP contribution in [0.4, 0.5) is 5.69 Å². The lowest BCUT2D eigenvalue weighted by Gasteiger charge is -2.28. The molecule has 1 aromatic rings. The number of rotatable bonds is 4. The van der Waals surface area contributed by atoms with Crippen LogP contribution in [0, 0.1) is 5.41 Å². The van der Waals surface area contributed by atoms with Gasteiger partial charge in [0, 0.05) is 24.8 Å². The Balaban J connectivity index is 2.88. The number of hydrogen-bond donors (Lipinski definition) is 1. The van der Waals surface area contributed by atoms with E-state index in [1.165, 1.54) is 11.3 Å². The third kappa shape index (κ3) is 3.47. The topological polar surface area (TPSA) is 29.3 Å². The second kappa shape index (κ2) is 5.54. The van der Waals surface area contributed by atoms with Crippen molar-refractivity contribution in [2.24, 2.45) is 11.1 Å². The molecule has 1 atom stereocenters. The SMILES string of the molecule is CCN(CC)c1ccc([C@H](N)C(C)(C)C)cc1. The predicted molar refractivity (Wildman–Crippen MR) is 76.4 cm³/mol. The maximum absolute atomic E-state index is 6.25. The summed E-state index contributed by atoms with van der Waals surface area (Å²) < 4.78 is 0. The maximum atomic E-state index is 6.25. The van der Waals surface area contributed by atoms with Crippen LogP contribution in [0.25, 0.3) is 0 Å². The number of anilines is 1. The molecule has 0 aromatic heterocycles. The van der Waals surface area contributed by atoms with Crippen LogP contribution in [0.3, 0.4) is 0 Å². The highest BCUT2D eigenvalue weighted by Crippen LogP contribution is 2.31. The number of nitrogens with zero attached hydrogens (tertiary/aromatic N) is 1. The first kappa shape index (κ1) is 14.0. The van der Waals surface area contributed by atoms with Crippen molar-refractivity contribution in [2.75, 3.05) is 18.0 Å². The van der Waals surface area contributed by atoms with E-state index in [9.17, 15) is 0 Å². The monoisotopic (exact) mass is 234 g/mol. The minimum atomic E-state index is 0.0910. The molecule has 0 aliphatic heterocycles. The van der Waals surface area contributed by atoms with E-state index in [1.54, 1.807) is 0 Å². The molecule has 0 amide bonds. The molecule has 2 heteroatoms. The van der Waals surface area contributed by atoms with Crippen LogP contribution in [0.1, 0.15) is 46.2 Å². The summed E-state index contributed by atoms with van der Waals surface area (Å²) in [4.78, 5) is 2.34. The van der Waals surface area contributed by atoms with Crippen LogP contribution in [-0.4, -0.2) is 13.1 Å². The first-order chi connectivity index (χ1) is 7.90. The Kier molecular flexibility index (Phi) is 4.58. The average Bonchev–Trinajstić information content (AvgIpc) is 2.29. The third-order valence-corrected chi connectivity index (χ3v) is 3.31. The second-order valence-corrected chi connectivity index (χ2v) is 5.61. The quantitative estimate of drug-likeness (QED) is 0.863. The van der Waals surface area contributed by atoms with Crippen molar-refractivity contribution in [1.82, 2.24) is 0 Å². The van der Waals surface area contributed by atoms with Crippen LogP contribution >= 0.6 is 0 Å². The minimum Gasteiger partial charge on any atom is -0.372 e. The van der Waals surface area contributed by atoms with E-state index < -0.39 is 0 Å². The molecule has 0 heterocycles. The van der Waals surface area contributed by atoms with Crippen LogP contribution in [0.2, 0.25) is 0 Å². The molecule has 0 saturated heterocycles. The summed E-state index contributed by atoms with van der Waals surface area (Å²) in [6, 6.07) is 8.75. The highest BCUT2D eigenvalue weighted by Gasteiger charge is 2.22. The summed E-state index contributed by atoms with van der Waals surface area (Å²) in [7, 11) is 0. The van der Waals surface area contributed by atoms with Crippen molar-refractivity contribution >= 4 is 5.69 Å². The zero-order valence-electron chi connectivity index (χ0n) is 11.8. The Morgan fingerprint density at radius 2 is 1.53 bits per heavy atom. The largest absolute Gasteiger partial charge is 0.372 e. The molecular formula is C15H26N2. The lowest BCUT2D eigenvalue weighted by Crippen LogP contribution is -2.26. The summed E-state index contributed by atoms with van der Waals surface area (Å²) in [5, 5.41) is 0. The molecule has 0 bridgehead atoms. The summed E-state index contributed by atoms with van der Waals surface area (Å²) in [6.45, 7) is 13.0. The van der Waals surface area contributed by atoms with Gasteiger partial charge in [0.2, 0.25) is 0 Å². The molecule has 96 valence electrons. The zero-order chi connectivity index (χ0) is 13.1. The van der Waals surface area contributed by atoms with Gasteiger partial charge in [-0.3, -0.25) is 0 Å². The van der Waals surface area contributed by atoms with Gasteiger partial charge in [0.25, 0.3) is 0 Å².